The summed E-state index contributed by atoms with van der Waals surface area (Å²) in [6.45, 7) is 4.51. The van der Waals surface area contributed by atoms with Crippen molar-refractivity contribution in [3.05, 3.63) is 29.8 Å². The van der Waals surface area contributed by atoms with Gasteiger partial charge in [0, 0.05) is 5.69 Å². The highest BCUT2D eigenvalue weighted by atomic mass is 16.4. The Morgan fingerprint density at radius 2 is 1.89 bits per heavy atom. The maximum absolute atomic E-state index is 12.0. The van der Waals surface area contributed by atoms with E-state index in [2.05, 4.69) is 5.32 Å². The van der Waals surface area contributed by atoms with Crippen LogP contribution in [-0.4, -0.2) is 36.6 Å². The molecule has 0 unspecified atom stereocenters. The zero-order valence-electron chi connectivity index (χ0n) is 11.3. The molecule has 0 heterocycles. The van der Waals surface area contributed by atoms with Crippen LogP contribution in [0.1, 0.15) is 18.9 Å². The standard InChI is InChI=1S/C14H20N2O3/c1-3-8-15-9-13(17)16(10-14(18)19)12-6-4-11(2)5-7-12/h4-7,15H,3,8-10H2,1-2H3,(H,18,19). The van der Waals surface area contributed by atoms with Gasteiger partial charge in [0.2, 0.25) is 5.91 Å². The molecule has 0 radical (unpaired) electrons. The van der Waals surface area contributed by atoms with Gasteiger partial charge in [-0.1, -0.05) is 24.6 Å². The van der Waals surface area contributed by atoms with Crippen molar-refractivity contribution in [2.75, 3.05) is 24.5 Å². The first-order valence-electron chi connectivity index (χ1n) is 6.34. The number of rotatable bonds is 7. The summed E-state index contributed by atoms with van der Waals surface area (Å²) in [4.78, 5) is 24.2. The van der Waals surface area contributed by atoms with E-state index in [-0.39, 0.29) is 19.0 Å². The predicted octanol–water partition coefficient (Wildman–Crippen LogP) is 1.41. The van der Waals surface area contributed by atoms with Gasteiger partial charge in [-0.25, -0.2) is 0 Å². The van der Waals surface area contributed by atoms with E-state index in [1.165, 1.54) is 4.90 Å². The van der Waals surface area contributed by atoms with Crippen molar-refractivity contribution in [3.63, 3.8) is 0 Å². The van der Waals surface area contributed by atoms with E-state index in [0.717, 1.165) is 18.5 Å². The van der Waals surface area contributed by atoms with E-state index >= 15 is 0 Å². The lowest BCUT2D eigenvalue weighted by atomic mass is 10.2. The summed E-state index contributed by atoms with van der Waals surface area (Å²) in [6, 6.07) is 7.24. The molecule has 0 aliphatic rings. The van der Waals surface area contributed by atoms with Crippen LogP contribution in [0.3, 0.4) is 0 Å². The van der Waals surface area contributed by atoms with Gasteiger partial charge in [-0.2, -0.15) is 0 Å². The first kappa shape index (κ1) is 15.2. The lowest BCUT2D eigenvalue weighted by Crippen LogP contribution is -2.41. The number of carbonyl (C=O) groups is 2. The molecule has 1 aromatic rings. The van der Waals surface area contributed by atoms with Gasteiger partial charge in [0.05, 0.1) is 6.54 Å². The van der Waals surface area contributed by atoms with Crippen molar-refractivity contribution < 1.29 is 14.7 Å². The summed E-state index contributed by atoms with van der Waals surface area (Å²) >= 11 is 0. The Morgan fingerprint density at radius 1 is 1.26 bits per heavy atom. The van der Waals surface area contributed by atoms with Crippen LogP contribution < -0.4 is 10.2 Å². The molecule has 1 rings (SSSR count). The molecule has 2 N–H and O–H groups in total. The second-order valence-electron chi connectivity index (χ2n) is 4.39. The number of aryl methyl sites for hydroxylation is 1. The highest BCUT2D eigenvalue weighted by molar-refractivity contribution is 5.98. The maximum Gasteiger partial charge on any atom is 0.323 e. The number of carbonyl (C=O) groups excluding carboxylic acids is 1. The van der Waals surface area contributed by atoms with Crippen LogP contribution in [-0.2, 0) is 9.59 Å². The summed E-state index contributed by atoms with van der Waals surface area (Å²) < 4.78 is 0. The lowest BCUT2D eigenvalue weighted by Gasteiger charge is -2.21. The van der Waals surface area contributed by atoms with E-state index < -0.39 is 5.97 Å². The Kier molecular flexibility index (Phi) is 6.02. The number of hydrogen-bond donors (Lipinski definition) is 2. The number of nitrogens with one attached hydrogen (secondary N) is 1. The quantitative estimate of drug-likeness (QED) is 0.731. The molecule has 1 aromatic carbocycles. The van der Waals surface area contributed by atoms with E-state index in [1.807, 2.05) is 26.0 Å². The molecular formula is C14H20N2O3. The molecule has 0 aliphatic carbocycles. The Morgan fingerprint density at radius 3 is 2.42 bits per heavy atom. The van der Waals surface area contributed by atoms with E-state index in [4.69, 9.17) is 5.11 Å². The summed E-state index contributed by atoms with van der Waals surface area (Å²) in [5.74, 6) is -1.26. The summed E-state index contributed by atoms with van der Waals surface area (Å²) in [6.07, 6.45) is 0.927. The number of nitrogens with zero attached hydrogens (tertiary/aromatic N) is 1. The fourth-order valence-electron chi connectivity index (χ4n) is 1.65. The van der Waals surface area contributed by atoms with Crippen molar-refractivity contribution in [1.82, 2.24) is 5.32 Å². The molecule has 0 bridgehead atoms. The van der Waals surface area contributed by atoms with Gasteiger partial charge < -0.3 is 15.3 Å². The monoisotopic (exact) mass is 264 g/mol. The Bertz CT molecular complexity index is 429. The number of amides is 1. The number of anilines is 1. The normalized spacial score (nSPS) is 10.2. The second-order valence-corrected chi connectivity index (χ2v) is 4.39. The molecule has 0 atom stereocenters. The fraction of sp³-hybridized carbons (Fsp3) is 0.429. The largest absolute Gasteiger partial charge is 0.480 e. The third kappa shape index (κ3) is 5.09. The average molecular weight is 264 g/mol. The minimum Gasteiger partial charge on any atom is -0.480 e. The Hall–Kier alpha value is -1.88. The molecule has 0 fully saturated rings. The van der Waals surface area contributed by atoms with Gasteiger partial charge >= 0.3 is 5.97 Å². The van der Waals surface area contributed by atoms with Gasteiger partial charge in [-0.05, 0) is 32.0 Å². The third-order valence-electron chi connectivity index (χ3n) is 2.64. The number of hydrogen-bond acceptors (Lipinski definition) is 3. The van der Waals surface area contributed by atoms with Crippen LogP contribution in [0.2, 0.25) is 0 Å². The molecule has 19 heavy (non-hydrogen) atoms. The van der Waals surface area contributed by atoms with Crippen molar-refractivity contribution in [3.8, 4) is 0 Å². The van der Waals surface area contributed by atoms with Crippen molar-refractivity contribution >= 4 is 17.6 Å². The van der Waals surface area contributed by atoms with Gasteiger partial charge in [-0.3, -0.25) is 9.59 Å². The fourth-order valence-corrected chi connectivity index (χ4v) is 1.65. The highest BCUT2D eigenvalue weighted by Crippen LogP contribution is 2.15. The molecular weight excluding hydrogens is 244 g/mol. The number of carboxylic acids is 1. The topological polar surface area (TPSA) is 69.6 Å². The van der Waals surface area contributed by atoms with Crippen molar-refractivity contribution in [2.45, 2.75) is 20.3 Å². The summed E-state index contributed by atoms with van der Waals surface area (Å²) in [7, 11) is 0. The molecule has 0 aromatic heterocycles. The van der Waals surface area contributed by atoms with Gasteiger partial charge in [0.15, 0.2) is 0 Å². The van der Waals surface area contributed by atoms with Crippen molar-refractivity contribution in [1.29, 1.82) is 0 Å². The Balaban J connectivity index is 2.79. The number of aliphatic carboxylic acids is 1. The van der Waals surface area contributed by atoms with Crippen LogP contribution in [0, 0.1) is 6.92 Å². The smallest absolute Gasteiger partial charge is 0.323 e. The zero-order chi connectivity index (χ0) is 14.3. The summed E-state index contributed by atoms with van der Waals surface area (Å²) in [5.41, 5.74) is 1.67. The molecule has 0 aliphatic heterocycles. The average Bonchev–Trinajstić information content (AvgIpc) is 2.37. The maximum atomic E-state index is 12.0. The number of carboxylic acid groups (broad SMARTS) is 1. The second kappa shape index (κ2) is 7.53. The first-order chi connectivity index (χ1) is 9.04. The van der Waals surface area contributed by atoms with E-state index in [9.17, 15) is 9.59 Å². The SMILES string of the molecule is CCCNCC(=O)N(CC(=O)O)c1ccc(C)cc1. The van der Waals surface area contributed by atoms with Gasteiger partial charge in [-0.15, -0.1) is 0 Å². The number of benzene rings is 1. The molecule has 0 saturated heterocycles. The lowest BCUT2D eigenvalue weighted by molar-refractivity contribution is -0.136. The molecule has 0 spiro atoms. The third-order valence-corrected chi connectivity index (χ3v) is 2.64. The molecule has 0 saturated carbocycles. The van der Waals surface area contributed by atoms with Crippen LogP contribution in [0.15, 0.2) is 24.3 Å². The van der Waals surface area contributed by atoms with Crippen LogP contribution >= 0.6 is 0 Å². The van der Waals surface area contributed by atoms with Gasteiger partial charge in [0.1, 0.15) is 6.54 Å². The zero-order valence-corrected chi connectivity index (χ0v) is 11.3. The summed E-state index contributed by atoms with van der Waals surface area (Å²) in [5, 5.41) is 11.9. The Labute approximate surface area is 113 Å². The predicted molar refractivity (Wildman–Crippen MR) is 74.3 cm³/mol. The van der Waals surface area contributed by atoms with E-state index in [0.29, 0.717) is 5.69 Å². The minimum absolute atomic E-state index is 0.148. The molecule has 5 nitrogen and oxygen atoms in total. The highest BCUT2D eigenvalue weighted by Gasteiger charge is 2.18. The van der Waals surface area contributed by atoms with Crippen molar-refractivity contribution in [2.24, 2.45) is 0 Å². The van der Waals surface area contributed by atoms with Crippen LogP contribution in [0.4, 0.5) is 5.69 Å². The van der Waals surface area contributed by atoms with E-state index in [1.54, 1.807) is 12.1 Å². The molecule has 5 heteroatoms. The first-order valence-corrected chi connectivity index (χ1v) is 6.34. The molecule has 1 amide bonds. The van der Waals surface area contributed by atoms with Crippen LogP contribution in [0.5, 0.6) is 0 Å². The molecule has 104 valence electrons. The minimum atomic E-state index is -1.02. The van der Waals surface area contributed by atoms with Gasteiger partial charge in [0.25, 0.3) is 0 Å². The van der Waals surface area contributed by atoms with Crippen LogP contribution in [0.25, 0.3) is 0 Å².